The van der Waals surface area contributed by atoms with E-state index in [4.69, 9.17) is 19.7 Å². The second-order valence-electron chi connectivity index (χ2n) is 12.0. The number of halogens is 3. The van der Waals surface area contributed by atoms with E-state index < -0.39 is 17.0 Å². The van der Waals surface area contributed by atoms with Crippen LogP contribution in [-0.2, 0) is 10.2 Å². The summed E-state index contributed by atoms with van der Waals surface area (Å²) in [6, 6.07) is 3.41. The number of hydrogen-bond donors (Lipinski definition) is 0. The Labute approximate surface area is 223 Å². The molecule has 0 amide bonds. The van der Waals surface area contributed by atoms with E-state index in [-0.39, 0.29) is 36.8 Å². The molecule has 5 aliphatic rings. The van der Waals surface area contributed by atoms with Gasteiger partial charge >= 0.3 is 6.18 Å². The number of fused-ring (bicyclic) bond motifs is 1. The van der Waals surface area contributed by atoms with Crippen molar-refractivity contribution in [2.24, 2.45) is 5.41 Å². The molecule has 3 saturated carbocycles. The highest BCUT2D eigenvalue weighted by atomic mass is 19.4. The Balaban J connectivity index is 1.23. The molecule has 8 nitrogen and oxygen atoms in total. The number of aromatic nitrogens is 5. The van der Waals surface area contributed by atoms with Crippen molar-refractivity contribution in [3.8, 4) is 0 Å². The summed E-state index contributed by atoms with van der Waals surface area (Å²) in [6.45, 7) is 5.91. The highest BCUT2D eigenvalue weighted by molar-refractivity contribution is 5.75. The molecule has 3 aromatic heterocycles. The Hall–Kier alpha value is -3.08. The summed E-state index contributed by atoms with van der Waals surface area (Å²) in [5.41, 5.74) is 1.74. The number of nitrogens with zero attached hydrogens (tertiary/aromatic N) is 6. The first-order chi connectivity index (χ1) is 18.6. The van der Waals surface area contributed by atoms with Crippen molar-refractivity contribution in [2.75, 3.05) is 24.7 Å². The first-order valence-corrected chi connectivity index (χ1v) is 13.8. The smallest absolute Gasteiger partial charge is 0.373 e. The van der Waals surface area contributed by atoms with Crippen molar-refractivity contribution in [3.05, 3.63) is 57.2 Å². The van der Waals surface area contributed by atoms with Crippen LogP contribution in [0.5, 0.6) is 0 Å². The maximum absolute atomic E-state index is 13.7. The number of aryl methyl sites for hydroxylation is 2. The molecule has 8 rings (SSSR count). The van der Waals surface area contributed by atoms with Gasteiger partial charge in [-0.15, -0.1) is 0 Å². The van der Waals surface area contributed by atoms with E-state index in [1.165, 1.54) is 0 Å². The fourth-order valence-electron chi connectivity index (χ4n) is 7.10. The van der Waals surface area contributed by atoms with E-state index in [1.807, 2.05) is 26.1 Å². The van der Waals surface area contributed by atoms with Crippen LogP contribution < -0.4 is 10.6 Å². The Kier molecular flexibility index (Phi) is 5.41. The number of rotatable bonds is 4. The molecular weight excluding hydrogens is 509 g/mol. The number of ether oxygens (including phenoxy) is 1. The van der Waals surface area contributed by atoms with Gasteiger partial charge in [0.2, 0.25) is 0 Å². The molecule has 5 fully saturated rings. The minimum Gasteiger partial charge on any atom is -0.373 e. The Morgan fingerprint density at radius 3 is 2.44 bits per heavy atom. The minimum absolute atomic E-state index is 0.0496. The average molecular weight is 541 g/mol. The molecule has 11 heteroatoms. The molecule has 3 aliphatic carbocycles. The van der Waals surface area contributed by atoms with Crippen LogP contribution in [0.15, 0.2) is 23.1 Å². The molecule has 206 valence electrons. The molecular formula is C28H31F3N6O2. The number of hydrogen-bond acceptors (Lipinski definition) is 7. The van der Waals surface area contributed by atoms with Gasteiger partial charge in [0.15, 0.2) is 5.65 Å². The van der Waals surface area contributed by atoms with Gasteiger partial charge in [-0.05, 0) is 70.4 Å². The molecule has 39 heavy (non-hydrogen) atoms. The molecule has 2 bridgehead atoms. The summed E-state index contributed by atoms with van der Waals surface area (Å²) in [5, 5.41) is 2.06. The summed E-state index contributed by atoms with van der Waals surface area (Å²) in [6.07, 6.45) is 1.04. The molecule has 2 saturated heterocycles. The SMILES string of the molecule is Cc1nc2nc([C@H]3CCO[C@@H](c4ccc(=O)n(N5CCCC5)c4)C3)nc(C34CC(C(F)(F)F)(C3)C4)c2nc1C. The average Bonchev–Trinajstić information content (AvgIpc) is 3.37. The second kappa shape index (κ2) is 8.46. The molecule has 0 spiro atoms. The van der Waals surface area contributed by atoms with Crippen LogP contribution in [0.3, 0.4) is 0 Å². The van der Waals surface area contributed by atoms with Crippen LogP contribution in [0.4, 0.5) is 13.2 Å². The Morgan fingerprint density at radius 2 is 1.72 bits per heavy atom. The van der Waals surface area contributed by atoms with E-state index in [2.05, 4.69) is 9.99 Å². The van der Waals surface area contributed by atoms with Gasteiger partial charge in [0.05, 0.1) is 28.6 Å². The first-order valence-electron chi connectivity index (χ1n) is 13.8. The fourth-order valence-corrected chi connectivity index (χ4v) is 7.10. The van der Waals surface area contributed by atoms with Gasteiger partial charge in [-0.3, -0.25) is 4.79 Å². The Morgan fingerprint density at radius 1 is 1.00 bits per heavy atom. The first kappa shape index (κ1) is 24.9. The molecule has 2 atom stereocenters. The van der Waals surface area contributed by atoms with Crippen LogP contribution in [0.1, 0.15) is 85.4 Å². The van der Waals surface area contributed by atoms with Gasteiger partial charge in [0, 0.05) is 43.3 Å². The maximum atomic E-state index is 13.7. The number of pyridine rings is 1. The van der Waals surface area contributed by atoms with Crippen molar-refractivity contribution < 1.29 is 17.9 Å². The van der Waals surface area contributed by atoms with Crippen molar-refractivity contribution in [1.82, 2.24) is 24.6 Å². The van der Waals surface area contributed by atoms with E-state index in [1.54, 1.807) is 10.7 Å². The van der Waals surface area contributed by atoms with Crippen LogP contribution in [-0.4, -0.2) is 50.5 Å². The van der Waals surface area contributed by atoms with E-state index in [0.717, 1.165) is 42.9 Å². The van der Waals surface area contributed by atoms with Crippen molar-refractivity contribution in [2.45, 2.75) is 82.4 Å². The maximum Gasteiger partial charge on any atom is 0.394 e. The third-order valence-electron chi connectivity index (χ3n) is 9.42. The van der Waals surface area contributed by atoms with E-state index in [0.29, 0.717) is 42.1 Å². The zero-order chi connectivity index (χ0) is 27.2. The predicted octanol–water partition coefficient (Wildman–Crippen LogP) is 4.55. The molecule has 3 aromatic rings. The molecule has 0 aromatic carbocycles. The van der Waals surface area contributed by atoms with Crippen molar-refractivity contribution in [1.29, 1.82) is 0 Å². The predicted molar refractivity (Wildman–Crippen MR) is 137 cm³/mol. The monoisotopic (exact) mass is 540 g/mol. The fraction of sp³-hybridized carbons (Fsp3) is 0.607. The Bertz CT molecular complexity index is 1510. The lowest BCUT2D eigenvalue weighted by atomic mass is 9.34. The van der Waals surface area contributed by atoms with E-state index in [9.17, 15) is 18.0 Å². The zero-order valence-corrected chi connectivity index (χ0v) is 22.1. The summed E-state index contributed by atoms with van der Waals surface area (Å²) >= 11 is 0. The lowest BCUT2D eigenvalue weighted by molar-refractivity contribution is -0.337. The molecule has 2 aliphatic heterocycles. The van der Waals surface area contributed by atoms with Gasteiger partial charge in [-0.2, -0.15) is 13.2 Å². The van der Waals surface area contributed by atoms with Crippen molar-refractivity contribution >= 4 is 11.2 Å². The lowest BCUT2D eigenvalue weighted by Crippen LogP contribution is -2.70. The normalized spacial score (nSPS) is 30.3. The van der Waals surface area contributed by atoms with Crippen LogP contribution in [0.2, 0.25) is 0 Å². The molecule has 0 unspecified atom stereocenters. The zero-order valence-electron chi connectivity index (χ0n) is 22.1. The molecule has 5 heterocycles. The highest BCUT2D eigenvalue weighted by Crippen LogP contribution is 2.78. The summed E-state index contributed by atoms with van der Waals surface area (Å²) < 4.78 is 48.8. The van der Waals surface area contributed by atoms with Gasteiger partial charge in [0.1, 0.15) is 11.3 Å². The summed E-state index contributed by atoms with van der Waals surface area (Å²) in [7, 11) is 0. The summed E-state index contributed by atoms with van der Waals surface area (Å²) in [4.78, 5) is 31.7. The lowest BCUT2D eigenvalue weighted by Gasteiger charge is -2.70. The summed E-state index contributed by atoms with van der Waals surface area (Å²) in [5.74, 6) is 0.549. The second-order valence-corrected chi connectivity index (χ2v) is 12.0. The van der Waals surface area contributed by atoms with Crippen LogP contribution >= 0.6 is 0 Å². The van der Waals surface area contributed by atoms with Gasteiger partial charge in [0.25, 0.3) is 5.56 Å². The van der Waals surface area contributed by atoms with Gasteiger partial charge < -0.3 is 9.75 Å². The minimum atomic E-state index is -4.20. The van der Waals surface area contributed by atoms with Gasteiger partial charge in [-0.1, -0.05) is 0 Å². The van der Waals surface area contributed by atoms with Crippen LogP contribution in [0.25, 0.3) is 11.2 Å². The van der Waals surface area contributed by atoms with Crippen LogP contribution in [0, 0.1) is 19.3 Å². The molecule has 0 radical (unpaired) electrons. The topological polar surface area (TPSA) is 86.0 Å². The molecule has 0 N–H and O–H groups in total. The standard InChI is InChI=1S/C28H31F3N6O2/c1-16-17(2)33-25-22(32-16)23(26-13-27(14-26,15-26)28(29,30)31)34-24(35-25)18-7-10-39-20(11-18)19-5-6-21(38)37(12-19)36-8-3-4-9-36/h5-6,12,18,20H,3-4,7-11,13-15H2,1-2H3/t18-,20+,26?,27?/m0/s1. The largest absolute Gasteiger partial charge is 0.394 e. The quantitative estimate of drug-likeness (QED) is 0.480. The highest BCUT2D eigenvalue weighted by Gasteiger charge is 2.79. The number of alkyl halides is 3. The van der Waals surface area contributed by atoms with Crippen molar-refractivity contribution in [3.63, 3.8) is 0 Å². The van der Waals surface area contributed by atoms with Gasteiger partial charge in [-0.25, -0.2) is 24.6 Å². The third kappa shape index (κ3) is 3.79. The third-order valence-corrected chi connectivity index (χ3v) is 9.42. The van der Waals surface area contributed by atoms with E-state index >= 15 is 0 Å².